The van der Waals surface area contributed by atoms with Gasteiger partial charge >= 0.3 is 0 Å². The van der Waals surface area contributed by atoms with Crippen LogP contribution in [0.4, 0.5) is 5.82 Å². The molecule has 0 aliphatic heterocycles. The van der Waals surface area contributed by atoms with Crippen LogP contribution in [0, 0.1) is 0 Å². The second-order valence-corrected chi connectivity index (χ2v) is 9.09. The first kappa shape index (κ1) is 18.9. The highest BCUT2D eigenvalue weighted by Crippen LogP contribution is 2.10. The number of aromatic nitrogens is 3. The number of hydrogen-bond donors (Lipinski definition) is 2. The zero-order chi connectivity index (χ0) is 18.7. The molecule has 0 atom stereocenters. The van der Waals surface area contributed by atoms with E-state index < -0.39 is 19.9 Å². The van der Waals surface area contributed by atoms with Gasteiger partial charge in [0.2, 0.25) is 15.9 Å². The molecule has 0 saturated carbocycles. The van der Waals surface area contributed by atoms with Gasteiger partial charge in [-0.15, -0.1) is 5.10 Å². The van der Waals surface area contributed by atoms with Crippen LogP contribution in [0.1, 0.15) is 5.56 Å². The number of amides is 1. The summed E-state index contributed by atoms with van der Waals surface area (Å²) in [6.45, 7) is 0.0193. The average molecular weight is 387 g/mol. The Hall–Kier alpha value is -2.47. The van der Waals surface area contributed by atoms with Gasteiger partial charge in [-0.25, -0.2) is 16.8 Å². The van der Waals surface area contributed by atoms with Gasteiger partial charge in [-0.05, 0) is 17.7 Å². The Labute approximate surface area is 145 Å². The number of sulfonamides is 1. The molecule has 1 aromatic carbocycles. The number of anilines is 1. The summed E-state index contributed by atoms with van der Waals surface area (Å²) in [7, 11) is -6.72. The lowest BCUT2D eigenvalue weighted by Crippen LogP contribution is -2.28. The Morgan fingerprint density at radius 2 is 1.76 bits per heavy atom. The fourth-order valence-electron chi connectivity index (χ4n) is 1.85. The van der Waals surface area contributed by atoms with E-state index >= 15 is 0 Å². The van der Waals surface area contributed by atoms with Crippen LogP contribution in [-0.4, -0.2) is 50.2 Å². The maximum atomic E-state index is 11.9. The summed E-state index contributed by atoms with van der Waals surface area (Å²) in [6.07, 6.45) is 3.29. The lowest BCUT2D eigenvalue weighted by atomic mass is 10.2. The molecule has 1 aromatic heterocycles. The number of carbonyl (C=O) groups is 1. The summed E-state index contributed by atoms with van der Waals surface area (Å²) < 4.78 is 47.0. The predicted octanol–water partition coefficient (Wildman–Crippen LogP) is -0.630. The first-order valence-corrected chi connectivity index (χ1v) is 10.7. The molecule has 2 N–H and O–H groups in total. The molecule has 1 amide bonds. The maximum Gasteiger partial charge on any atom is 0.243 e. The summed E-state index contributed by atoms with van der Waals surface area (Å²) >= 11 is 0. The van der Waals surface area contributed by atoms with Crippen LogP contribution in [0.15, 0.2) is 35.4 Å². The molecule has 0 spiro atoms. The van der Waals surface area contributed by atoms with E-state index in [1.54, 1.807) is 12.1 Å². The van der Waals surface area contributed by atoms with Gasteiger partial charge in [0.25, 0.3) is 0 Å². The van der Waals surface area contributed by atoms with Gasteiger partial charge < -0.3 is 5.32 Å². The number of rotatable bonds is 7. The first-order chi connectivity index (χ1) is 11.5. The highest BCUT2D eigenvalue weighted by Gasteiger charge is 2.10. The minimum atomic E-state index is -3.46. The SMILES string of the molecule is CS(=O)(=O)Nc1cnn(CC(=O)NCc2ccc(S(C)(=O)=O)cc2)n1. The second kappa shape index (κ2) is 7.19. The van der Waals surface area contributed by atoms with E-state index in [1.165, 1.54) is 18.3 Å². The Morgan fingerprint density at radius 1 is 1.12 bits per heavy atom. The van der Waals surface area contributed by atoms with Crippen LogP contribution < -0.4 is 10.0 Å². The zero-order valence-electron chi connectivity index (χ0n) is 13.5. The zero-order valence-corrected chi connectivity index (χ0v) is 15.1. The molecule has 0 aliphatic rings. The molecule has 0 radical (unpaired) electrons. The van der Waals surface area contributed by atoms with E-state index in [0.29, 0.717) is 0 Å². The van der Waals surface area contributed by atoms with Crippen molar-refractivity contribution < 1.29 is 21.6 Å². The standard InChI is InChI=1S/C13H17N5O5S2/c1-24(20,21)11-5-3-10(4-6-11)7-14-13(19)9-18-15-8-12(16-18)17-25(2,22)23/h3-6,8H,7,9H2,1-2H3,(H,14,19)(H,16,17). The van der Waals surface area contributed by atoms with Crippen LogP contribution >= 0.6 is 0 Å². The van der Waals surface area contributed by atoms with Gasteiger partial charge in [0, 0.05) is 12.8 Å². The van der Waals surface area contributed by atoms with Gasteiger partial charge in [0.15, 0.2) is 15.7 Å². The van der Waals surface area contributed by atoms with Crippen LogP contribution in [0.3, 0.4) is 0 Å². The van der Waals surface area contributed by atoms with Gasteiger partial charge in [-0.2, -0.15) is 9.90 Å². The Balaban J connectivity index is 1.89. The van der Waals surface area contributed by atoms with Crippen LogP contribution in [-0.2, 0) is 37.7 Å². The fourth-order valence-corrected chi connectivity index (χ4v) is 2.95. The molecule has 0 unspecified atom stereocenters. The molecule has 2 rings (SSSR count). The fraction of sp³-hybridized carbons (Fsp3) is 0.308. The molecule has 2 aromatic rings. The highest BCUT2D eigenvalue weighted by molar-refractivity contribution is 7.92. The van der Waals surface area contributed by atoms with Gasteiger partial charge in [0.1, 0.15) is 6.54 Å². The normalized spacial score (nSPS) is 11.9. The third kappa shape index (κ3) is 6.15. The molecular weight excluding hydrogens is 370 g/mol. The van der Waals surface area contributed by atoms with Gasteiger partial charge in [-0.1, -0.05) is 12.1 Å². The molecular formula is C13H17N5O5S2. The van der Waals surface area contributed by atoms with Crippen LogP contribution in [0.5, 0.6) is 0 Å². The second-order valence-electron chi connectivity index (χ2n) is 5.33. The van der Waals surface area contributed by atoms with E-state index in [2.05, 4.69) is 20.2 Å². The molecule has 136 valence electrons. The minimum absolute atomic E-state index is 0.0201. The maximum absolute atomic E-state index is 11.9. The van der Waals surface area contributed by atoms with Crippen molar-refractivity contribution in [2.75, 3.05) is 17.2 Å². The van der Waals surface area contributed by atoms with E-state index in [0.717, 1.165) is 22.9 Å². The van der Waals surface area contributed by atoms with Crippen molar-refractivity contribution in [2.45, 2.75) is 18.0 Å². The minimum Gasteiger partial charge on any atom is -0.350 e. The topological polar surface area (TPSA) is 140 Å². The Morgan fingerprint density at radius 3 is 2.32 bits per heavy atom. The summed E-state index contributed by atoms with van der Waals surface area (Å²) in [5.41, 5.74) is 0.730. The van der Waals surface area contributed by atoms with E-state index in [4.69, 9.17) is 0 Å². The summed E-state index contributed by atoms with van der Waals surface area (Å²) in [4.78, 5) is 13.1. The molecule has 12 heteroatoms. The van der Waals surface area contributed by atoms with E-state index in [-0.39, 0.29) is 29.7 Å². The quantitative estimate of drug-likeness (QED) is 0.644. The Bertz CT molecular complexity index is 964. The molecule has 10 nitrogen and oxygen atoms in total. The average Bonchev–Trinajstić information content (AvgIpc) is 2.89. The largest absolute Gasteiger partial charge is 0.350 e. The number of sulfone groups is 1. The third-order valence-electron chi connectivity index (χ3n) is 2.95. The summed E-state index contributed by atoms with van der Waals surface area (Å²) in [6, 6.07) is 6.15. The van der Waals surface area contributed by atoms with Crippen LogP contribution in [0.2, 0.25) is 0 Å². The van der Waals surface area contributed by atoms with Crippen molar-refractivity contribution >= 4 is 31.6 Å². The van der Waals surface area contributed by atoms with E-state index in [1.807, 2.05) is 0 Å². The number of hydrogen-bond acceptors (Lipinski definition) is 7. The molecule has 0 aliphatic carbocycles. The lowest BCUT2D eigenvalue weighted by Gasteiger charge is -2.06. The number of nitrogens with one attached hydrogen (secondary N) is 2. The van der Waals surface area contributed by atoms with Gasteiger partial charge in [0.05, 0.1) is 17.3 Å². The molecule has 0 fully saturated rings. The van der Waals surface area contributed by atoms with E-state index in [9.17, 15) is 21.6 Å². The molecule has 0 saturated heterocycles. The highest BCUT2D eigenvalue weighted by atomic mass is 32.2. The van der Waals surface area contributed by atoms with Crippen molar-refractivity contribution in [3.8, 4) is 0 Å². The van der Waals surface area contributed by atoms with Crippen molar-refractivity contribution in [1.82, 2.24) is 20.3 Å². The summed E-state index contributed by atoms with van der Waals surface area (Å²) in [5.74, 6) is -0.361. The predicted molar refractivity (Wildman–Crippen MR) is 89.9 cm³/mol. The number of nitrogens with zero attached hydrogens (tertiary/aromatic N) is 3. The lowest BCUT2D eigenvalue weighted by molar-refractivity contribution is -0.122. The van der Waals surface area contributed by atoms with Crippen molar-refractivity contribution in [1.29, 1.82) is 0 Å². The molecule has 0 bridgehead atoms. The number of carbonyl (C=O) groups excluding carboxylic acids is 1. The monoisotopic (exact) mass is 387 g/mol. The first-order valence-electron chi connectivity index (χ1n) is 6.96. The van der Waals surface area contributed by atoms with Crippen LogP contribution in [0.25, 0.3) is 0 Å². The third-order valence-corrected chi connectivity index (χ3v) is 4.66. The van der Waals surface area contributed by atoms with Gasteiger partial charge in [-0.3, -0.25) is 9.52 Å². The number of benzene rings is 1. The van der Waals surface area contributed by atoms with Crippen molar-refractivity contribution in [3.05, 3.63) is 36.0 Å². The van der Waals surface area contributed by atoms with Crippen molar-refractivity contribution in [3.63, 3.8) is 0 Å². The Kier molecular flexibility index (Phi) is 5.42. The molecule has 1 heterocycles. The molecule has 25 heavy (non-hydrogen) atoms. The van der Waals surface area contributed by atoms with Crippen molar-refractivity contribution in [2.24, 2.45) is 0 Å². The summed E-state index contributed by atoms with van der Waals surface area (Å²) in [5, 5.41) is 10.2. The smallest absolute Gasteiger partial charge is 0.243 e.